The van der Waals surface area contributed by atoms with E-state index in [9.17, 15) is 9.59 Å². The van der Waals surface area contributed by atoms with Crippen molar-refractivity contribution in [1.82, 2.24) is 5.43 Å². The molecule has 1 amide bonds. The maximum atomic E-state index is 11.8. The second kappa shape index (κ2) is 9.15. The Morgan fingerprint density at radius 3 is 2.74 bits per heavy atom. The number of rotatable bonds is 7. The van der Waals surface area contributed by atoms with Gasteiger partial charge in [0.25, 0.3) is 5.91 Å². The summed E-state index contributed by atoms with van der Waals surface area (Å²) in [4.78, 5) is 23.4. The largest absolute Gasteiger partial charge is 0.465 e. The van der Waals surface area contributed by atoms with Crippen LogP contribution in [0.25, 0.3) is 0 Å². The van der Waals surface area contributed by atoms with Crippen molar-refractivity contribution in [2.75, 3.05) is 18.5 Å². The lowest BCUT2D eigenvalue weighted by atomic mass is 10.1. The van der Waals surface area contributed by atoms with Crippen molar-refractivity contribution in [2.24, 2.45) is 11.0 Å². The summed E-state index contributed by atoms with van der Waals surface area (Å²) in [5.74, 6) is -1.19. The third-order valence-corrected chi connectivity index (χ3v) is 3.74. The number of ether oxygens (including phenoxy) is 1. The first kappa shape index (κ1) is 19.0. The molecule has 126 valence electrons. The first-order chi connectivity index (χ1) is 10.9. The minimum Gasteiger partial charge on any atom is -0.465 e. The molecule has 6 nitrogen and oxygen atoms in total. The van der Waals surface area contributed by atoms with E-state index in [0.29, 0.717) is 17.3 Å². The first-order valence-electron chi connectivity index (χ1n) is 7.35. The zero-order valence-corrected chi connectivity index (χ0v) is 14.5. The molecule has 1 rings (SSSR count). The van der Waals surface area contributed by atoms with Crippen molar-refractivity contribution in [1.29, 1.82) is 0 Å². The second-order valence-electron chi connectivity index (χ2n) is 5.03. The molecule has 23 heavy (non-hydrogen) atoms. The van der Waals surface area contributed by atoms with Crippen molar-refractivity contribution in [3.05, 3.63) is 28.8 Å². The smallest absolute Gasteiger partial charge is 0.314 e. The quantitative estimate of drug-likeness (QED) is 0.455. The van der Waals surface area contributed by atoms with E-state index < -0.39 is 5.92 Å². The van der Waals surface area contributed by atoms with E-state index in [1.807, 2.05) is 13.0 Å². The van der Waals surface area contributed by atoms with Gasteiger partial charge in [0.15, 0.2) is 0 Å². The van der Waals surface area contributed by atoms with Gasteiger partial charge in [0.2, 0.25) is 0 Å². The third kappa shape index (κ3) is 5.90. The molecule has 0 bridgehead atoms. The van der Waals surface area contributed by atoms with E-state index in [1.54, 1.807) is 32.9 Å². The Bertz CT molecular complexity index is 602. The standard InChI is InChI=1S/C16H22ClN3O3/c1-5-23-16(22)10(2)12(4)19-20-15(21)9-18-14-8-6-7-13(17)11(14)3/h6-8,10,18H,5,9H2,1-4H3,(H,20,21)/b19-12+/t10-/m1/s1. The van der Waals surface area contributed by atoms with Crippen molar-refractivity contribution in [3.63, 3.8) is 0 Å². The summed E-state index contributed by atoms with van der Waals surface area (Å²) in [7, 11) is 0. The molecule has 1 aromatic carbocycles. The van der Waals surface area contributed by atoms with Crippen LogP contribution in [0.15, 0.2) is 23.3 Å². The Balaban J connectivity index is 2.52. The van der Waals surface area contributed by atoms with Gasteiger partial charge in [-0.05, 0) is 45.4 Å². The molecule has 0 saturated carbocycles. The van der Waals surface area contributed by atoms with Gasteiger partial charge < -0.3 is 10.1 Å². The monoisotopic (exact) mass is 339 g/mol. The summed E-state index contributed by atoms with van der Waals surface area (Å²) >= 11 is 6.02. The molecule has 0 radical (unpaired) electrons. The van der Waals surface area contributed by atoms with Gasteiger partial charge in [-0.1, -0.05) is 17.7 Å². The van der Waals surface area contributed by atoms with Gasteiger partial charge in [-0.15, -0.1) is 0 Å². The molecule has 0 aromatic heterocycles. The highest BCUT2D eigenvalue weighted by Crippen LogP contribution is 2.22. The zero-order chi connectivity index (χ0) is 17.4. The van der Waals surface area contributed by atoms with Crippen LogP contribution in [0.4, 0.5) is 5.69 Å². The fourth-order valence-electron chi connectivity index (χ4n) is 1.70. The van der Waals surface area contributed by atoms with Crippen LogP contribution < -0.4 is 10.7 Å². The number of esters is 1. The highest BCUT2D eigenvalue weighted by Gasteiger charge is 2.17. The average molecular weight is 340 g/mol. The fraction of sp³-hybridized carbons (Fsp3) is 0.438. The molecule has 0 aliphatic carbocycles. The van der Waals surface area contributed by atoms with Crippen LogP contribution in [-0.2, 0) is 14.3 Å². The topological polar surface area (TPSA) is 79.8 Å². The SMILES string of the molecule is CCOC(=O)[C@H](C)/C(C)=N/NC(=O)CNc1cccc(Cl)c1C. The van der Waals surface area contributed by atoms with Gasteiger partial charge in [-0.3, -0.25) is 9.59 Å². The minimum absolute atomic E-state index is 0.0474. The number of halogens is 1. The fourth-order valence-corrected chi connectivity index (χ4v) is 1.87. The van der Waals surface area contributed by atoms with Crippen LogP contribution in [-0.4, -0.2) is 30.7 Å². The summed E-state index contributed by atoms with van der Waals surface area (Å²) in [5, 5.41) is 7.55. The molecule has 0 heterocycles. The number of benzene rings is 1. The molecule has 0 saturated heterocycles. The molecule has 1 aromatic rings. The highest BCUT2D eigenvalue weighted by atomic mass is 35.5. The number of hydrazone groups is 1. The summed E-state index contributed by atoms with van der Waals surface area (Å²) in [6.07, 6.45) is 0. The predicted octanol–water partition coefficient (Wildman–Crippen LogP) is 2.75. The number of hydrogen-bond donors (Lipinski definition) is 2. The molecule has 0 aliphatic heterocycles. The zero-order valence-electron chi connectivity index (χ0n) is 13.8. The van der Waals surface area contributed by atoms with Crippen LogP contribution in [0, 0.1) is 12.8 Å². The van der Waals surface area contributed by atoms with Crippen LogP contribution in [0.2, 0.25) is 5.02 Å². The minimum atomic E-state index is -0.501. The predicted molar refractivity (Wildman–Crippen MR) is 91.7 cm³/mol. The number of amides is 1. The maximum absolute atomic E-state index is 11.8. The molecule has 1 atom stereocenters. The molecular weight excluding hydrogens is 318 g/mol. The van der Waals surface area contributed by atoms with E-state index in [2.05, 4.69) is 15.8 Å². The third-order valence-electron chi connectivity index (χ3n) is 3.33. The Morgan fingerprint density at radius 1 is 1.39 bits per heavy atom. The summed E-state index contributed by atoms with van der Waals surface area (Å²) < 4.78 is 4.90. The highest BCUT2D eigenvalue weighted by molar-refractivity contribution is 6.31. The van der Waals surface area contributed by atoms with Gasteiger partial charge in [0.05, 0.1) is 19.1 Å². The lowest BCUT2D eigenvalue weighted by molar-refractivity contribution is -0.145. The summed E-state index contributed by atoms with van der Waals surface area (Å²) in [6, 6.07) is 5.43. The Labute approximate surface area is 141 Å². The van der Waals surface area contributed by atoms with Crippen molar-refractivity contribution in [3.8, 4) is 0 Å². The van der Waals surface area contributed by atoms with Crippen molar-refractivity contribution in [2.45, 2.75) is 27.7 Å². The van der Waals surface area contributed by atoms with Crippen LogP contribution >= 0.6 is 11.6 Å². The molecule has 0 aliphatic rings. The molecule has 0 unspecified atom stereocenters. The van der Waals surface area contributed by atoms with E-state index in [4.69, 9.17) is 16.3 Å². The average Bonchev–Trinajstić information content (AvgIpc) is 2.53. The van der Waals surface area contributed by atoms with Gasteiger partial charge in [-0.2, -0.15) is 5.10 Å². The first-order valence-corrected chi connectivity index (χ1v) is 7.73. The number of carbonyl (C=O) groups excluding carboxylic acids is 2. The molecule has 7 heteroatoms. The van der Waals surface area contributed by atoms with Crippen LogP contribution in [0.5, 0.6) is 0 Å². The Morgan fingerprint density at radius 2 is 2.09 bits per heavy atom. The van der Waals surface area contributed by atoms with E-state index >= 15 is 0 Å². The summed E-state index contributed by atoms with van der Waals surface area (Å²) in [6.45, 7) is 7.30. The van der Waals surface area contributed by atoms with E-state index in [1.165, 1.54) is 0 Å². The van der Waals surface area contributed by atoms with Crippen LogP contribution in [0.1, 0.15) is 26.3 Å². The molecule has 0 fully saturated rings. The van der Waals surface area contributed by atoms with Gasteiger partial charge in [0.1, 0.15) is 0 Å². The lowest BCUT2D eigenvalue weighted by Crippen LogP contribution is -2.29. The maximum Gasteiger partial charge on any atom is 0.314 e. The molecule has 0 spiro atoms. The van der Waals surface area contributed by atoms with Gasteiger partial charge >= 0.3 is 5.97 Å². The van der Waals surface area contributed by atoms with Gasteiger partial charge in [0, 0.05) is 16.4 Å². The Hall–Kier alpha value is -2.08. The van der Waals surface area contributed by atoms with E-state index in [0.717, 1.165) is 11.3 Å². The van der Waals surface area contributed by atoms with E-state index in [-0.39, 0.29) is 18.4 Å². The van der Waals surface area contributed by atoms with Crippen molar-refractivity contribution < 1.29 is 14.3 Å². The number of anilines is 1. The number of nitrogens with zero attached hydrogens (tertiary/aromatic N) is 1. The molecule has 2 N–H and O–H groups in total. The number of nitrogens with one attached hydrogen (secondary N) is 2. The van der Waals surface area contributed by atoms with Crippen LogP contribution in [0.3, 0.4) is 0 Å². The second-order valence-corrected chi connectivity index (χ2v) is 5.44. The Kier molecular flexibility index (Phi) is 7.54. The molecular formula is C16H22ClN3O3. The lowest BCUT2D eigenvalue weighted by Gasteiger charge is -2.11. The number of carbonyl (C=O) groups is 2. The summed E-state index contributed by atoms with van der Waals surface area (Å²) in [5.41, 5.74) is 4.55. The van der Waals surface area contributed by atoms with Gasteiger partial charge in [-0.25, -0.2) is 5.43 Å². The van der Waals surface area contributed by atoms with Crippen molar-refractivity contribution >= 4 is 34.9 Å². The number of hydrogen-bond acceptors (Lipinski definition) is 5. The normalized spacial score (nSPS) is 12.5.